The highest BCUT2D eigenvalue weighted by molar-refractivity contribution is 5.98. The molecule has 0 saturated heterocycles. The molecule has 4 nitrogen and oxygen atoms in total. The molecule has 0 spiro atoms. The van der Waals surface area contributed by atoms with Gasteiger partial charge in [0, 0.05) is 24.1 Å². The predicted molar refractivity (Wildman–Crippen MR) is 72.3 cm³/mol. The van der Waals surface area contributed by atoms with Crippen molar-refractivity contribution in [2.24, 2.45) is 5.92 Å². The Hall–Kier alpha value is -1.58. The normalized spacial score (nSPS) is 15.8. The van der Waals surface area contributed by atoms with Crippen LogP contribution >= 0.6 is 0 Å². The van der Waals surface area contributed by atoms with Gasteiger partial charge in [0.15, 0.2) is 0 Å². The highest BCUT2D eigenvalue weighted by Crippen LogP contribution is 2.26. The van der Waals surface area contributed by atoms with Gasteiger partial charge in [0.05, 0.1) is 5.56 Å². The molecule has 0 aliphatic heterocycles. The molecule has 0 aromatic carbocycles. The maximum Gasteiger partial charge on any atom is 0.254 e. The Bertz CT molecular complexity index is 425. The number of pyridine rings is 1. The van der Waals surface area contributed by atoms with Gasteiger partial charge in [0.25, 0.3) is 5.91 Å². The molecule has 1 amide bonds. The molecule has 1 aliphatic carbocycles. The predicted octanol–water partition coefficient (Wildman–Crippen LogP) is 2.28. The summed E-state index contributed by atoms with van der Waals surface area (Å²) in [5.74, 6) is 0.678. The first-order valence-corrected chi connectivity index (χ1v) is 6.67. The van der Waals surface area contributed by atoms with Gasteiger partial charge in [0.2, 0.25) is 0 Å². The molecule has 3 N–H and O–H groups in total. The average Bonchev–Trinajstić information content (AvgIpc) is 2.81. The fraction of sp³-hybridized carbons (Fsp3) is 0.571. The van der Waals surface area contributed by atoms with Crippen LogP contribution in [0.1, 0.15) is 48.2 Å². The number of aromatic nitrogens is 1. The Balaban J connectivity index is 1.83. The van der Waals surface area contributed by atoms with E-state index in [9.17, 15) is 4.79 Å². The largest absolute Gasteiger partial charge is 0.398 e. The SMILES string of the molecule is Cc1cc(N)c(C(=O)NCCC2CCCC2)cn1. The van der Waals surface area contributed by atoms with Crippen molar-refractivity contribution in [1.82, 2.24) is 10.3 Å². The zero-order chi connectivity index (χ0) is 13.0. The molecular formula is C14H21N3O. The van der Waals surface area contributed by atoms with Gasteiger partial charge in [-0.15, -0.1) is 0 Å². The molecule has 1 aromatic rings. The maximum atomic E-state index is 11.9. The minimum atomic E-state index is -0.113. The minimum absolute atomic E-state index is 0.113. The van der Waals surface area contributed by atoms with E-state index in [0.717, 1.165) is 24.6 Å². The van der Waals surface area contributed by atoms with E-state index in [0.29, 0.717) is 11.3 Å². The summed E-state index contributed by atoms with van der Waals surface area (Å²) < 4.78 is 0. The molecular weight excluding hydrogens is 226 g/mol. The van der Waals surface area contributed by atoms with Crippen molar-refractivity contribution in [1.29, 1.82) is 0 Å². The second-order valence-electron chi connectivity index (χ2n) is 5.11. The molecule has 1 aliphatic rings. The first-order chi connectivity index (χ1) is 8.66. The van der Waals surface area contributed by atoms with E-state index in [1.807, 2.05) is 6.92 Å². The third-order valence-corrected chi connectivity index (χ3v) is 3.63. The molecule has 4 heteroatoms. The smallest absolute Gasteiger partial charge is 0.254 e. The van der Waals surface area contributed by atoms with Crippen LogP contribution in [0, 0.1) is 12.8 Å². The number of nitrogens with one attached hydrogen (secondary N) is 1. The third kappa shape index (κ3) is 3.22. The van der Waals surface area contributed by atoms with Gasteiger partial charge in [-0.25, -0.2) is 0 Å². The van der Waals surface area contributed by atoms with Crippen LogP contribution in [0.25, 0.3) is 0 Å². The third-order valence-electron chi connectivity index (χ3n) is 3.63. The lowest BCUT2D eigenvalue weighted by molar-refractivity contribution is 0.0952. The van der Waals surface area contributed by atoms with E-state index in [1.165, 1.54) is 25.7 Å². The van der Waals surface area contributed by atoms with Crippen LogP contribution in [0.3, 0.4) is 0 Å². The number of rotatable bonds is 4. The van der Waals surface area contributed by atoms with E-state index in [-0.39, 0.29) is 5.91 Å². The zero-order valence-electron chi connectivity index (χ0n) is 10.9. The van der Waals surface area contributed by atoms with Gasteiger partial charge in [0.1, 0.15) is 0 Å². The number of carbonyl (C=O) groups excluding carboxylic acids is 1. The second-order valence-corrected chi connectivity index (χ2v) is 5.11. The highest BCUT2D eigenvalue weighted by atomic mass is 16.1. The number of nitrogens with zero attached hydrogens (tertiary/aromatic N) is 1. The topological polar surface area (TPSA) is 68.0 Å². The van der Waals surface area contributed by atoms with Gasteiger partial charge in [-0.05, 0) is 25.3 Å². The molecule has 1 heterocycles. The van der Waals surface area contributed by atoms with E-state index in [4.69, 9.17) is 5.73 Å². The maximum absolute atomic E-state index is 11.9. The summed E-state index contributed by atoms with van der Waals surface area (Å²) in [4.78, 5) is 16.0. The van der Waals surface area contributed by atoms with Crippen molar-refractivity contribution in [3.05, 3.63) is 23.5 Å². The lowest BCUT2D eigenvalue weighted by atomic mass is 10.0. The van der Waals surface area contributed by atoms with Crippen molar-refractivity contribution < 1.29 is 4.79 Å². The summed E-state index contributed by atoms with van der Waals surface area (Å²) in [5.41, 5.74) is 7.62. The highest BCUT2D eigenvalue weighted by Gasteiger charge is 2.15. The standard InChI is InChI=1S/C14H21N3O/c1-10-8-13(15)12(9-17-10)14(18)16-7-6-11-4-2-3-5-11/h8-9,11H,2-7H2,1H3,(H2,15,17)(H,16,18). The van der Waals surface area contributed by atoms with Gasteiger partial charge in [-0.2, -0.15) is 0 Å². The molecule has 1 fully saturated rings. The van der Waals surface area contributed by atoms with Crippen LogP contribution in [-0.2, 0) is 0 Å². The van der Waals surface area contributed by atoms with Crippen LogP contribution in [0.2, 0.25) is 0 Å². The Kier molecular flexibility index (Phi) is 4.18. The van der Waals surface area contributed by atoms with Crippen molar-refractivity contribution in [2.75, 3.05) is 12.3 Å². The molecule has 98 valence electrons. The van der Waals surface area contributed by atoms with Crippen LogP contribution in [0.4, 0.5) is 5.69 Å². The van der Waals surface area contributed by atoms with Gasteiger partial charge >= 0.3 is 0 Å². The lowest BCUT2D eigenvalue weighted by Gasteiger charge is -2.10. The van der Waals surface area contributed by atoms with E-state index >= 15 is 0 Å². The van der Waals surface area contributed by atoms with Crippen molar-refractivity contribution in [3.63, 3.8) is 0 Å². The second kappa shape index (κ2) is 5.85. The Morgan fingerprint density at radius 3 is 2.89 bits per heavy atom. The summed E-state index contributed by atoms with van der Waals surface area (Å²) in [7, 11) is 0. The number of carbonyl (C=O) groups is 1. The molecule has 1 aromatic heterocycles. The average molecular weight is 247 g/mol. The van der Waals surface area contributed by atoms with E-state index in [2.05, 4.69) is 10.3 Å². The fourth-order valence-electron chi connectivity index (χ4n) is 2.55. The summed E-state index contributed by atoms with van der Waals surface area (Å²) in [6, 6.07) is 1.73. The van der Waals surface area contributed by atoms with E-state index < -0.39 is 0 Å². The fourth-order valence-corrected chi connectivity index (χ4v) is 2.55. The molecule has 0 atom stereocenters. The number of aryl methyl sites for hydroxylation is 1. The van der Waals surface area contributed by atoms with Crippen molar-refractivity contribution in [3.8, 4) is 0 Å². The van der Waals surface area contributed by atoms with Crippen LogP contribution in [0.15, 0.2) is 12.3 Å². The van der Waals surface area contributed by atoms with Crippen LogP contribution < -0.4 is 11.1 Å². The summed E-state index contributed by atoms with van der Waals surface area (Å²) in [6.07, 6.45) is 7.93. The van der Waals surface area contributed by atoms with Crippen LogP contribution in [0.5, 0.6) is 0 Å². The summed E-state index contributed by atoms with van der Waals surface area (Å²) >= 11 is 0. The van der Waals surface area contributed by atoms with Gasteiger partial charge < -0.3 is 11.1 Å². The number of hydrogen-bond acceptors (Lipinski definition) is 3. The minimum Gasteiger partial charge on any atom is -0.398 e. The van der Waals surface area contributed by atoms with Crippen molar-refractivity contribution >= 4 is 11.6 Å². The summed E-state index contributed by atoms with van der Waals surface area (Å²) in [5, 5.41) is 2.93. The number of amides is 1. The molecule has 0 bridgehead atoms. The number of hydrogen-bond donors (Lipinski definition) is 2. The van der Waals surface area contributed by atoms with Crippen molar-refractivity contribution in [2.45, 2.75) is 39.0 Å². The molecule has 2 rings (SSSR count). The van der Waals surface area contributed by atoms with Gasteiger partial charge in [-0.1, -0.05) is 25.7 Å². The Morgan fingerprint density at radius 1 is 1.50 bits per heavy atom. The number of nitrogen functional groups attached to an aromatic ring is 1. The molecule has 0 unspecified atom stereocenters. The molecule has 0 radical (unpaired) electrons. The Morgan fingerprint density at radius 2 is 2.22 bits per heavy atom. The summed E-state index contributed by atoms with van der Waals surface area (Å²) in [6.45, 7) is 2.59. The molecule has 18 heavy (non-hydrogen) atoms. The van der Waals surface area contributed by atoms with Gasteiger partial charge in [-0.3, -0.25) is 9.78 Å². The molecule has 1 saturated carbocycles. The Labute approximate surface area is 108 Å². The first-order valence-electron chi connectivity index (χ1n) is 6.67. The number of nitrogens with two attached hydrogens (primary N) is 1. The monoisotopic (exact) mass is 247 g/mol. The lowest BCUT2D eigenvalue weighted by Crippen LogP contribution is -2.26. The first kappa shape index (κ1) is 12.9. The zero-order valence-corrected chi connectivity index (χ0v) is 10.9. The number of anilines is 1. The van der Waals surface area contributed by atoms with E-state index in [1.54, 1.807) is 12.3 Å². The quantitative estimate of drug-likeness (QED) is 0.857. The van der Waals surface area contributed by atoms with Crippen LogP contribution in [-0.4, -0.2) is 17.4 Å².